The van der Waals surface area contributed by atoms with E-state index in [4.69, 9.17) is 14.5 Å². The van der Waals surface area contributed by atoms with Crippen molar-refractivity contribution in [2.75, 3.05) is 26.9 Å². The summed E-state index contributed by atoms with van der Waals surface area (Å²) in [6, 6.07) is 14.6. The number of ether oxygens (including phenoxy) is 2. The lowest BCUT2D eigenvalue weighted by atomic mass is 9.87. The molecule has 1 atom stereocenters. The average Bonchev–Trinajstić information content (AvgIpc) is 2.94. The van der Waals surface area contributed by atoms with Crippen molar-refractivity contribution in [2.45, 2.75) is 64.8 Å². The molecule has 0 bridgehead atoms. The Labute approximate surface area is 219 Å². The number of aromatic nitrogens is 2. The van der Waals surface area contributed by atoms with Crippen molar-refractivity contribution in [1.82, 2.24) is 14.5 Å². The highest BCUT2D eigenvalue weighted by Gasteiger charge is 2.33. The number of benzene rings is 2. The molecule has 1 fully saturated rings. The number of nitrogens with zero attached hydrogens (tertiary/aromatic N) is 3. The van der Waals surface area contributed by atoms with Crippen LogP contribution < -0.4 is 10.3 Å². The molecule has 1 unspecified atom stereocenters. The van der Waals surface area contributed by atoms with Gasteiger partial charge in [0, 0.05) is 26.2 Å². The molecule has 0 spiro atoms. The molecule has 1 saturated carbocycles. The van der Waals surface area contributed by atoms with Crippen molar-refractivity contribution in [3.63, 3.8) is 0 Å². The van der Waals surface area contributed by atoms with Crippen LogP contribution in [0.3, 0.4) is 0 Å². The molecule has 1 aliphatic rings. The van der Waals surface area contributed by atoms with Gasteiger partial charge >= 0.3 is 0 Å². The Morgan fingerprint density at radius 2 is 1.81 bits per heavy atom. The third-order valence-electron chi connectivity index (χ3n) is 7.25. The van der Waals surface area contributed by atoms with Crippen molar-refractivity contribution in [3.8, 4) is 11.4 Å². The number of hydrogen-bond donors (Lipinski definition) is 0. The summed E-state index contributed by atoms with van der Waals surface area (Å²) in [7, 11) is 1.68. The topological polar surface area (TPSA) is 73.7 Å². The highest BCUT2D eigenvalue weighted by atomic mass is 16.5. The van der Waals surface area contributed by atoms with Crippen LogP contribution in [0, 0.1) is 5.92 Å². The number of rotatable bonds is 11. The molecule has 0 aliphatic heterocycles. The largest absolute Gasteiger partial charge is 0.494 e. The second-order valence-corrected chi connectivity index (χ2v) is 9.69. The quantitative estimate of drug-likeness (QED) is 0.314. The van der Waals surface area contributed by atoms with Crippen LogP contribution in [0.15, 0.2) is 53.3 Å². The highest BCUT2D eigenvalue weighted by molar-refractivity contribution is 5.80. The van der Waals surface area contributed by atoms with Gasteiger partial charge in [-0.2, -0.15) is 0 Å². The van der Waals surface area contributed by atoms with Crippen molar-refractivity contribution >= 4 is 16.8 Å². The zero-order chi connectivity index (χ0) is 26.2. The maximum atomic E-state index is 13.9. The minimum Gasteiger partial charge on any atom is -0.494 e. The summed E-state index contributed by atoms with van der Waals surface area (Å²) in [5.74, 6) is 1.53. The fraction of sp³-hybridized carbons (Fsp3) is 0.500. The maximum Gasteiger partial charge on any atom is 0.266 e. The van der Waals surface area contributed by atoms with Crippen LogP contribution in [-0.2, 0) is 9.53 Å². The second-order valence-electron chi connectivity index (χ2n) is 9.69. The molecule has 7 heteroatoms. The minimum atomic E-state index is -0.338. The predicted octanol–water partition coefficient (Wildman–Crippen LogP) is 5.68. The molecule has 37 heavy (non-hydrogen) atoms. The van der Waals surface area contributed by atoms with E-state index in [0.717, 1.165) is 37.9 Å². The Kier molecular flexibility index (Phi) is 9.34. The number of carbonyl (C=O) groups is 1. The molecule has 1 amide bonds. The maximum absolute atomic E-state index is 13.9. The lowest BCUT2D eigenvalue weighted by Gasteiger charge is -2.36. The molecule has 3 aromatic rings. The van der Waals surface area contributed by atoms with E-state index >= 15 is 0 Å². The zero-order valence-electron chi connectivity index (χ0n) is 22.3. The number of methoxy groups -OCH3 is 1. The smallest absolute Gasteiger partial charge is 0.266 e. The molecule has 0 radical (unpaired) electrons. The summed E-state index contributed by atoms with van der Waals surface area (Å²) in [5, 5.41) is 0.555. The van der Waals surface area contributed by atoms with Crippen LogP contribution in [0.4, 0.5) is 0 Å². The first-order valence-corrected chi connectivity index (χ1v) is 13.6. The van der Waals surface area contributed by atoms with Gasteiger partial charge in [-0.3, -0.25) is 14.2 Å². The third-order valence-corrected chi connectivity index (χ3v) is 7.25. The average molecular weight is 506 g/mol. The summed E-state index contributed by atoms with van der Waals surface area (Å²) in [4.78, 5) is 34.8. The molecule has 0 saturated heterocycles. The molecule has 1 aromatic heterocycles. The van der Waals surface area contributed by atoms with E-state index in [1.165, 1.54) is 6.42 Å². The fourth-order valence-electron chi connectivity index (χ4n) is 5.41. The summed E-state index contributed by atoms with van der Waals surface area (Å²) < 4.78 is 12.6. The lowest BCUT2D eigenvalue weighted by Crippen LogP contribution is -2.42. The minimum absolute atomic E-state index is 0.0245. The van der Waals surface area contributed by atoms with Crippen molar-refractivity contribution in [3.05, 3.63) is 64.7 Å². The van der Waals surface area contributed by atoms with E-state index in [9.17, 15) is 9.59 Å². The monoisotopic (exact) mass is 505 g/mol. The van der Waals surface area contributed by atoms with Crippen molar-refractivity contribution < 1.29 is 14.3 Å². The Hall–Kier alpha value is -3.19. The van der Waals surface area contributed by atoms with E-state index in [1.54, 1.807) is 11.7 Å². The normalized spacial score (nSPS) is 15.0. The van der Waals surface area contributed by atoms with Crippen molar-refractivity contribution in [1.29, 1.82) is 0 Å². The van der Waals surface area contributed by atoms with Gasteiger partial charge in [-0.15, -0.1) is 0 Å². The van der Waals surface area contributed by atoms with E-state index in [-0.39, 0.29) is 23.4 Å². The first-order valence-electron chi connectivity index (χ1n) is 13.6. The van der Waals surface area contributed by atoms with Crippen LogP contribution in [0.5, 0.6) is 5.75 Å². The number of amides is 1. The van der Waals surface area contributed by atoms with Gasteiger partial charge in [0.25, 0.3) is 5.56 Å². The van der Waals surface area contributed by atoms with E-state index < -0.39 is 0 Å². The molecule has 4 rings (SSSR count). The van der Waals surface area contributed by atoms with Gasteiger partial charge in [0.05, 0.1) is 29.2 Å². The molecular weight excluding hydrogens is 466 g/mol. The van der Waals surface area contributed by atoms with Crippen LogP contribution in [0.2, 0.25) is 0 Å². The Bertz CT molecular complexity index is 1230. The van der Waals surface area contributed by atoms with E-state index in [1.807, 2.05) is 60.4 Å². The first-order chi connectivity index (χ1) is 18.1. The molecule has 198 valence electrons. The molecule has 1 heterocycles. The third kappa shape index (κ3) is 6.04. The highest BCUT2D eigenvalue weighted by Crippen LogP contribution is 2.32. The first kappa shape index (κ1) is 26.9. The zero-order valence-corrected chi connectivity index (χ0v) is 22.3. The van der Waals surface area contributed by atoms with Crippen LogP contribution in [0.1, 0.15) is 70.7 Å². The second kappa shape index (κ2) is 12.9. The SMILES string of the molecule is CCOc1ccc(-n2c(C(CC)N(CCCOC)C(=O)C3CCCCC3)nc3ccccc3c2=O)cc1. The van der Waals surface area contributed by atoms with Gasteiger partial charge in [0.1, 0.15) is 11.6 Å². The van der Waals surface area contributed by atoms with Crippen LogP contribution in [-0.4, -0.2) is 47.2 Å². The standard InChI is InChI=1S/C30H39N3O4/c1-4-27(32(20-11-21-36-3)29(34)22-12-7-6-8-13-22)28-31-26-15-10-9-14-25(26)30(35)33(28)23-16-18-24(19-17-23)37-5-2/h9-10,14-19,22,27H,4-8,11-13,20-21H2,1-3H3. The van der Waals surface area contributed by atoms with Gasteiger partial charge in [-0.25, -0.2) is 4.98 Å². The van der Waals surface area contributed by atoms with Gasteiger partial charge < -0.3 is 14.4 Å². The molecular formula is C30H39N3O4. The van der Waals surface area contributed by atoms with Gasteiger partial charge in [-0.1, -0.05) is 38.3 Å². The number of hydrogen-bond acceptors (Lipinski definition) is 5. The molecule has 1 aliphatic carbocycles. The number of fused-ring (bicyclic) bond motifs is 1. The summed E-state index contributed by atoms with van der Waals surface area (Å²) in [5.41, 5.74) is 1.22. The summed E-state index contributed by atoms with van der Waals surface area (Å²) in [6.07, 6.45) is 6.59. The van der Waals surface area contributed by atoms with Crippen LogP contribution in [0.25, 0.3) is 16.6 Å². The Morgan fingerprint density at radius 1 is 1.08 bits per heavy atom. The van der Waals surface area contributed by atoms with Crippen LogP contribution >= 0.6 is 0 Å². The molecule has 7 nitrogen and oxygen atoms in total. The van der Waals surface area contributed by atoms with Gasteiger partial charge in [0.2, 0.25) is 5.91 Å². The number of carbonyl (C=O) groups excluding carboxylic acids is 1. The van der Waals surface area contributed by atoms with E-state index in [0.29, 0.717) is 48.6 Å². The van der Waals surface area contributed by atoms with Crippen molar-refractivity contribution in [2.24, 2.45) is 5.92 Å². The summed E-state index contributed by atoms with van der Waals surface area (Å²) >= 11 is 0. The summed E-state index contributed by atoms with van der Waals surface area (Å²) in [6.45, 7) is 5.71. The van der Waals surface area contributed by atoms with Gasteiger partial charge in [-0.05, 0) is 69.0 Å². The molecule has 2 aromatic carbocycles. The Morgan fingerprint density at radius 3 is 2.49 bits per heavy atom. The van der Waals surface area contributed by atoms with E-state index in [2.05, 4.69) is 6.92 Å². The lowest BCUT2D eigenvalue weighted by molar-refractivity contribution is -0.139. The van der Waals surface area contributed by atoms with Gasteiger partial charge in [0.15, 0.2) is 0 Å². The fourth-order valence-corrected chi connectivity index (χ4v) is 5.41. The molecule has 0 N–H and O–H groups in total. The number of para-hydroxylation sites is 1. The predicted molar refractivity (Wildman–Crippen MR) is 146 cm³/mol. The Balaban J connectivity index is 1.85.